The van der Waals surface area contributed by atoms with E-state index in [2.05, 4.69) is 78.9 Å². The van der Waals surface area contributed by atoms with E-state index in [1.807, 2.05) is 6.07 Å². The van der Waals surface area contributed by atoms with E-state index < -0.39 is 7.29 Å². The molecule has 2 heterocycles. The fourth-order valence-corrected chi connectivity index (χ4v) is 8.87. The summed E-state index contributed by atoms with van der Waals surface area (Å²) in [5, 5.41) is 1.02. The summed E-state index contributed by atoms with van der Waals surface area (Å²) in [7, 11) is -2.84. The molecule has 0 saturated carbocycles. The van der Waals surface area contributed by atoms with Gasteiger partial charge in [-0.15, -0.1) is 0 Å². The van der Waals surface area contributed by atoms with Crippen LogP contribution in [0.4, 0.5) is 0 Å². The first-order valence-electron chi connectivity index (χ1n) is 12.2. The SMILES string of the molecule is CC(C)(C)c1ccc([C@@H](N2CCCCC2)[P@@](=O)(c2ccccc2)N2CCCCC2)cc1. The topological polar surface area (TPSA) is 23.6 Å². The third-order valence-corrected chi connectivity index (χ3v) is 10.6. The molecule has 4 heteroatoms. The molecular formula is C27H39N2OP. The Morgan fingerprint density at radius 2 is 1.29 bits per heavy atom. The third kappa shape index (κ3) is 4.85. The second-order valence-corrected chi connectivity index (χ2v) is 13.1. The molecule has 0 spiro atoms. The quantitative estimate of drug-likeness (QED) is 0.494. The second-order valence-electron chi connectivity index (χ2n) is 10.3. The molecule has 0 amide bonds. The van der Waals surface area contributed by atoms with Crippen molar-refractivity contribution in [1.82, 2.24) is 9.57 Å². The van der Waals surface area contributed by atoms with Crippen LogP contribution in [0.1, 0.15) is 76.2 Å². The van der Waals surface area contributed by atoms with Crippen LogP contribution in [-0.4, -0.2) is 35.7 Å². The van der Waals surface area contributed by atoms with Gasteiger partial charge in [-0.1, -0.05) is 88.2 Å². The average Bonchev–Trinajstić information content (AvgIpc) is 2.81. The van der Waals surface area contributed by atoms with Crippen LogP contribution < -0.4 is 5.30 Å². The van der Waals surface area contributed by atoms with Crippen LogP contribution in [0, 0.1) is 0 Å². The first-order chi connectivity index (χ1) is 14.9. The summed E-state index contributed by atoms with van der Waals surface area (Å²) in [6.07, 6.45) is 7.22. The molecule has 31 heavy (non-hydrogen) atoms. The van der Waals surface area contributed by atoms with Crippen LogP contribution in [-0.2, 0) is 9.98 Å². The lowest BCUT2D eigenvalue weighted by Crippen LogP contribution is -2.41. The minimum atomic E-state index is -2.84. The molecule has 0 N–H and O–H groups in total. The van der Waals surface area contributed by atoms with Crippen LogP contribution in [0.3, 0.4) is 0 Å². The Balaban J connectivity index is 1.83. The average molecular weight is 439 g/mol. The molecule has 2 aromatic carbocycles. The van der Waals surface area contributed by atoms with Crippen LogP contribution in [0.15, 0.2) is 54.6 Å². The molecule has 0 radical (unpaired) electrons. The molecule has 0 unspecified atom stereocenters. The van der Waals surface area contributed by atoms with Crippen LogP contribution >= 0.6 is 7.29 Å². The number of nitrogens with zero attached hydrogens (tertiary/aromatic N) is 2. The van der Waals surface area contributed by atoms with E-state index in [9.17, 15) is 0 Å². The molecule has 3 nitrogen and oxygen atoms in total. The minimum absolute atomic E-state index is 0.0673. The van der Waals surface area contributed by atoms with E-state index in [-0.39, 0.29) is 11.2 Å². The Morgan fingerprint density at radius 1 is 0.742 bits per heavy atom. The molecule has 2 aliphatic rings. The summed E-state index contributed by atoms with van der Waals surface area (Å²) >= 11 is 0. The molecule has 2 atom stereocenters. The molecule has 4 rings (SSSR count). The van der Waals surface area contributed by atoms with Crippen LogP contribution in [0.2, 0.25) is 0 Å². The predicted molar refractivity (Wildman–Crippen MR) is 132 cm³/mol. The molecule has 2 fully saturated rings. The zero-order chi connectivity index (χ0) is 21.9. The molecular weight excluding hydrogens is 399 g/mol. The van der Waals surface area contributed by atoms with E-state index >= 15 is 4.57 Å². The Labute approximate surface area is 189 Å². The smallest absolute Gasteiger partial charge is 0.199 e. The highest BCUT2D eigenvalue weighted by atomic mass is 31.2. The van der Waals surface area contributed by atoms with Crippen molar-refractivity contribution >= 4 is 12.6 Å². The summed E-state index contributed by atoms with van der Waals surface area (Å²) in [5.41, 5.74) is 2.67. The van der Waals surface area contributed by atoms with Crippen molar-refractivity contribution in [1.29, 1.82) is 0 Å². The molecule has 0 bridgehead atoms. The van der Waals surface area contributed by atoms with E-state index in [1.165, 1.54) is 36.8 Å². The summed E-state index contributed by atoms with van der Waals surface area (Å²) in [4.78, 5) is 2.54. The van der Waals surface area contributed by atoms with Crippen molar-refractivity contribution in [2.24, 2.45) is 0 Å². The standard InChI is InChI=1S/C27H39N2OP/c1-27(2,3)24-17-15-23(16-18-24)26(28-19-9-5-10-20-28)31(30,25-13-7-4-8-14-25)29-21-11-6-12-22-29/h4,7-8,13-18,26H,5-6,9-12,19-22H2,1-3H3/t26-,31-/m0/s1. The van der Waals surface area contributed by atoms with Gasteiger partial charge in [-0.05, 0) is 55.3 Å². The monoisotopic (exact) mass is 438 g/mol. The lowest BCUT2D eigenvalue weighted by molar-refractivity contribution is 0.198. The van der Waals surface area contributed by atoms with Crippen molar-refractivity contribution in [3.05, 3.63) is 65.7 Å². The normalized spacial score (nSPS) is 22.0. The third-order valence-electron chi connectivity index (χ3n) is 7.02. The van der Waals surface area contributed by atoms with Gasteiger partial charge in [0.15, 0.2) is 7.29 Å². The maximum atomic E-state index is 15.3. The van der Waals surface area contributed by atoms with E-state index in [0.29, 0.717) is 0 Å². The van der Waals surface area contributed by atoms with Gasteiger partial charge in [0.05, 0.1) is 0 Å². The lowest BCUT2D eigenvalue weighted by atomic mass is 9.86. The lowest BCUT2D eigenvalue weighted by Gasteiger charge is -2.45. The van der Waals surface area contributed by atoms with Crippen molar-refractivity contribution in [2.75, 3.05) is 26.2 Å². The van der Waals surface area contributed by atoms with Crippen LogP contribution in [0.25, 0.3) is 0 Å². The number of benzene rings is 2. The van der Waals surface area contributed by atoms with Gasteiger partial charge < -0.3 is 0 Å². The van der Waals surface area contributed by atoms with Gasteiger partial charge in [-0.2, -0.15) is 0 Å². The summed E-state index contributed by atoms with van der Waals surface area (Å²) in [6, 6.07) is 19.4. The molecule has 168 valence electrons. The molecule has 0 aliphatic carbocycles. The summed E-state index contributed by atoms with van der Waals surface area (Å²) in [6.45, 7) is 10.7. The maximum Gasteiger partial charge on any atom is 0.199 e. The van der Waals surface area contributed by atoms with Crippen molar-refractivity contribution < 1.29 is 4.57 Å². The second kappa shape index (κ2) is 9.61. The van der Waals surface area contributed by atoms with Gasteiger partial charge in [0.2, 0.25) is 0 Å². The minimum Gasteiger partial charge on any atom is -0.299 e. The fraction of sp³-hybridized carbons (Fsp3) is 0.556. The van der Waals surface area contributed by atoms with E-state index in [4.69, 9.17) is 0 Å². The number of likely N-dealkylation sites (tertiary alicyclic amines) is 1. The van der Waals surface area contributed by atoms with Crippen molar-refractivity contribution in [2.45, 2.75) is 70.5 Å². The Kier molecular flexibility index (Phi) is 7.06. The Bertz CT molecular complexity index is 876. The fourth-order valence-electron chi connectivity index (χ4n) is 5.23. The molecule has 0 aromatic heterocycles. The predicted octanol–water partition coefficient (Wildman–Crippen LogP) is 6.56. The Morgan fingerprint density at radius 3 is 1.84 bits per heavy atom. The molecule has 2 aliphatic heterocycles. The molecule has 2 aromatic rings. The van der Waals surface area contributed by atoms with Gasteiger partial charge in [0.25, 0.3) is 0 Å². The van der Waals surface area contributed by atoms with Crippen molar-refractivity contribution in [3.8, 4) is 0 Å². The summed E-state index contributed by atoms with van der Waals surface area (Å²) in [5.74, 6) is -0.0673. The van der Waals surface area contributed by atoms with E-state index in [1.54, 1.807) is 0 Å². The Hall–Kier alpha value is -1.41. The first-order valence-corrected chi connectivity index (χ1v) is 13.9. The molecule has 2 saturated heterocycles. The van der Waals surface area contributed by atoms with E-state index in [0.717, 1.165) is 44.3 Å². The highest BCUT2D eigenvalue weighted by molar-refractivity contribution is 7.69. The zero-order valence-electron chi connectivity index (χ0n) is 19.6. The van der Waals surface area contributed by atoms with Gasteiger partial charge >= 0.3 is 0 Å². The van der Waals surface area contributed by atoms with Gasteiger partial charge in [-0.3, -0.25) is 9.46 Å². The number of hydrogen-bond donors (Lipinski definition) is 0. The van der Waals surface area contributed by atoms with Gasteiger partial charge in [0, 0.05) is 18.4 Å². The highest BCUT2D eigenvalue weighted by Gasteiger charge is 2.45. The first kappa shape index (κ1) is 22.8. The van der Waals surface area contributed by atoms with Gasteiger partial charge in [0.1, 0.15) is 5.78 Å². The highest BCUT2D eigenvalue weighted by Crippen LogP contribution is 2.63. The maximum absolute atomic E-state index is 15.3. The van der Waals surface area contributed by atoms with Crippen molar-refractivity contribution in [3.63, 3.8) is 0 Å². The number of hydrogen-bond acceptors (Lipinski definition) is 2. The number of rotatable bonds is 5. The van der Waals surface area contributed by atoms with Gasteiger partial charge in [-0.25, -0.2) is 4.67 Å². The number of piperidine rings is 2. The zero-order valence-corrected chi connectivity index (χ0v) is 20.5. The largest absolute Gasteiger partial charge is 0.299 e. The summed E-state index contributed by atoms with van der Waals surface area (Å²) < 4.78 is 17.7. The van der Waals surface area contributed by atoms with Crippen LogP contribution in [0.5, 0.6) is 0 Å².